The quantitative estimate of drug-likeness (QED) is 0.344. The molecule has 1 N–H and O–H groups in total. The number of benzene rings is 1. The minimum Gasteiger partial charge on any atom is -0.370 e. The van der Waals surface area contributed by atoms with Crippen LogP contribution < -0.4 is 0 Å². The number of carbonyl (C=O) groups excluding carboxylic acids is 1. The number of rotatable bonds is 5. The van der Waals surface area contributed by atoms with Crippen LogP contribution in [-0.4, -0.2) is 29.4 Å². The maximum Gasteiger partial charge on any atom is 0.169 e. The van der Waals surface area contributed by atoms with Crippen LogP contribution in [0.1, 0.15) is 77.7 Å². The second-order valence-electron chi connectivity index (χ2n) is 11.9. The summed E-state index contributed by atoms with van der Waals surface area (Å²) >= 11 is 3.47. The average molecular weight is 532 g/mol. The second-order valence-corrected chi connectivity index (χ2v) is 12.8. The molecule has 4 aliphatic carbocycles. The van der Waals surface area contributed by atoms with Crippen LogP contribution >= 0.6 is 15.9 Å². The number of aliphatic hydroxyl groups is 1. The molecular formula is C29H39BrO4. The number of ether oxygens (including phenoxy) is 2. The molecular weight excluding hydrogens is 492 g/mol. The highest BCUT2D eigenvalue weighted by molar-refractivity contribution is 9.10. The maximum absolute atomic E-state index is 12.8. The van der Waals surface area contributed by atoms with Crippen LogP contribution in [0, 0.1) is 28.6 Å². The van der Waals surface area contributed by atoms with E-state index in [0.29, 0.717) is 37.2 Å². The molecule has 0 bridgehead atoms. The first kappa shape index (κ1) is 24.7. The average Bonchev–Trinajstić information content (AvgIpc) is 3.13. The molecule has 0 radical (unpaired) electrons. The van der Waals surface area contributed by atoms with E-state index in [-0.39, 0.29) is 16.6 Å². The fourth-order valence-electron chi connectivity index (χ4n) is 8.59. The number of allylic oxidation sites excluding steroid dienone is 1. The summed E-state index contributed by atoms with van der Waals surface area (Å²) in [5, 5.41) is 11.4. The van der Waals surface area contributed by atoms with Crippen LogP contribution in [0.5, 0.6) is 0 Å². The van der Waals surface area contributed by atoms with Crippen molar-refractivity contribution in [2.24, 2.45) is 28.6 Å². The Balaban J connectivity index is 1.35. The molecule has 0 spiro atoms. The minimum atomic E-state index is -1.10. The zero-order chi connectivity index (χ0) is 24.4. The number of carbonyl (C=O) groups is 1. The van der Waals surface area contributed by atoms with Gasteiger partial charge in [-0.05, 0) is 86.3 Å². The van der Waals surface area contributed by atoms with E-state index in [1.807, 2.05) is 24.3 Å². The van der Waals surface area contributed by atoms with Crippen LogP contribution in [0.4, 0.5) is 0 Å². The van der Waals surface area contributed by atoms with Gasteiger partial charge in [-0.15, -0.1) is 0 Å². The molecule has 1 aromatic carbocycles. The highest BCUT2D eigenvalue weighted by Crippen LogP contribution is 2.68. The van der Waals surface area contributed by atoms with Crippen molar-refractivity contribution < 1.29 is 19.4 Å². The van der Waals surface area contributed by atoms with E-state index in [2.05, 4.69) is 35.9 Å². The molecule has 3 fully saturated rings. The number of Topliss-reactive ketones (excluding diaryl/α,β-unsaturated/α-hetero) is 1. The van der Waals surface area contributed by atoms with Gasteiger partial charge in [-0.1, -0.05) is 53.6 Å². The lowest BCUT2D eigenvalue weighted by atomic mass is 9.46. The van der Waals surface area contributed by atoms with E-state index in [9.17, 15) is 9.90 Å². The van der Waals surface area contributed by atoms with Gasteiger partial charge in [0.05, 0.1) is 6.61 Å². The van der Waals surface area contributed by atoms with E-state index >= 15 is 0 Å². The lowest BCUT2D eigenvalue weighted by molar-refractivity contribution is -0.232. The third-order valence-electron chi connectivity index (χ3n) is 10.6. The van der Waals surface area contributed by atoms with Crippen molar-refractivity contribution in [3.05, 3.63) is 46.0 Å². The van der Waals surface area contributed by atoms with Crippen LogP contribution in [-0.2, 0) is 20.9 Å². The number of hydrogen-bond donors (Lipinski definition) is 1. The second kappa shape index (κ2) is 8.54. The van der Waals surface area contributed by atoms with E-state index in [1.165, 1.54) is 5.57 Å². The smallest absolute Gasteiger partial charge is 0.169 e. The molecule has 5 rings (SSSR count). The summed E-state index contributed by atoms with van der Waals surface area (Å²) < 4.78 is 13.2. The van der Waals surface area contributed by atoms with Crippen LogP contribution in [0.2, 0.25) is 0 Å². The van der Waals surface area contributed by atoms with Crippen molar-refractivity contribution in [2.75, 3.05) is 7.11 Å². The summed E-state index contributed by atoms with van der Waals surface area (Å²) in [6.07, 6.45) is 9.75. The van der Waals surface area contributed by atoms with Crippen LogP contribution in [0.25, 0.3) is 0 Å². The number of halogens is 1. The van der Waals surface area contributed by atoms with Crippen molar-refractivity contribution in [3.8, 4) is 0 Å². The molecule has 0 heterocycles. The zero-order valence-electron chi connectivity index (χ0n) is 21.0. The lowest BCUT2D eigenvalue weighted by Gasteiger charge is -2.59. The minimum absolute atomic E-state index is 0.0837. The third-order valence-corrected chi connectivity index (χ3v) is 11.1. The van der Waals surface area contributed by atoms with Crippen LogP contribution in [0.3, 0.4) is 0 Å². The Morgan fingerprint density at radius 3 is 2.47 bits per heavy atom. The van der Waals surface area contributed by atoms with Crippen molar-refractivity contribution in [1.29, 1.82) is 0 Å². The topological polar surface area (TPSA) is 55.8 Å². The van der Waals surface area contributed by atoms with E-state index in [4.69, 9.17) is 9.47 Å². The molecule has 7 atom stereocenters. The van der Waals surface area contributed by atoms with Gasteiger partial charge in [0.2, 0.25) is 0 Å². The van der Waals surface area contributed by atoms with Crippen molar-refractivity contribution in [2.45, 2.75) is 90.1 Å². The van der Waals surface area contributed by atoms with Gasteiger partial charge in [0, 0.05) is 29.8 Å². The molecule has 4 aliphatic rings. The first-order valence-corrected chi connectivity index (χ1v) is 13.7. The number of hydrogen-bond acceptors (Lipinski definition) is 4. The molecule has 0 aromatic heterocycles. The molecule has 0 aliphatic heterocycles. The summed E-state index contributed by atoms with van der Waals surface area (Å²) in [6, 6.07) is 8.09. The highest BCUT2D eigenvalue weighted by Gasteiger charge is 2.66. The largest absolute Gasteiger partial charge is 0.370 e. The molecule has 5 heteroatoms. The van der Waals surface area contributed by atoms with Gasteiger partial charge in [-0.2, -0.15) is 0 Å². The number of fused-ring (bicyclic) bond motifs is 5. The van der Waals surface area contributed by atoms with Crippen LogP contribution in [0.15, 0.2) is 40.4 Å². The summed E-state index contributed by atoms with van der Waals surface area (Å²) in [7, 11) is 1.73. The molecule has 0 amide bonds. The Labute approximate surface area is 212 Å². The van der Waals surface area contributed by atoms with Gasteiger partial charge in [-0.25, -0.2) is 0 Å². The molecule has 1 aromatic rings. The zero-order valence-corrected chi connectivity index (χ0v) is 22.6. The monoisotopic (exact) mass is 530 g/mol. The Morgan fingerprint density at radius 1 is 1.09 bits per heavy atom. The number of methoxy groups -OCH3 is 1. The third kappa shape index (κ3) is 3.60. The van der Waals surface area contributed by atoms with Gasteiger partial charge < -0.3 is 14.6 Å². The standard InChI is InChI=1S/C29H39BrO4/c1-19(31)29(33-4)14-12-25-23-10-7-21-17-28(32,34-18-20-5-8-22(30)9-6-20)16-15-26(21,2)24(23)11-13-27(25,29)3/h5-9,23-25,32H,10-18H2,1-4H3/t23?,24?,25?,26-,27-,28-,29+/m0/s1. The normalized spacial score (nSPS) is 43.5. The molecule has 3 unspecified atom stereocenters. The first-order chi connectivity index (χ1) is 16.1. The van der Waals surface area contributed by atoms with Crippen molar-refractivity contribution in [3.63, 3.8) is 0 Å². The SMILES string of the molecule is CO[C@@]1(C(C)=O)CCC2C3CC=C4C[C@@](O)(OCc5ccc(Br)cc5)CC[C@]4(C)C3CC[C@@]21C. The Kier molecular flexibility index (Phi) is 6.20. The van der Waals surface area contributed by atoms with Gasteiger partial charge >= 0.3 is 0 Å². The maximum atomic E-state index is 12.8. The van der Waals surface area contributed by atoms with Gasteiger partial charge in [0.15, 0.2) is 11.6 Å². The number of ketones is 1. The Bertz CT molecular complexity index is 988. The predicted molar refractivity (Wildman–Crippen MR) is 136 cm³/mol. The van der Waals surface area contributed by atoms with Gasteiger partial charge in [-0.3, -0.25) is 4.79 Å². The summed E-state index contributed by atoms with van der Waals surface area (Å²) in [5.41, 5.74) is 1.85. The molecule has 0 saturated heterocycles. The van der Waals surface area contributed by atoms with E-state index in [1.54, 1.807) is 14.0 Å². The Morgan fingerprint density at radius 2 is 1.79 bits per heavy atom. The van der Waals surface area contributed by atoms with Gasteiger partial charge in [0.1, 0.15) is 5.60 Å². The van der Waals surface area contributed by atoms with Gasteiger partial charge in [0.25, 0.3) is 0 Å². The molecule has 4 nitrogen and oxygen atoms in total. The fourth-order valence-corrected chi connectivity index (χ4v) is 8.86. The highest BCUT2D eigenvalue weighted by atomic mass is 79.9. The molecule has 186 valence electrons. The summed E-state index contributed by atoms with van der Waals surface area (Å²) in [6.45, 7) is 6.89. The summed E-state index contributed by atoms with van der Waals surface area (Å²) in [4.78, 5) is 12.8. The summed E-state index contributed by atoms with van der Waals surface area (Å²) in [5.74, 6) is 0.795. The fraction of sp³-hybridized carbons (Fsp3) is 0.690. The first-order valence-electron chi connectivity index (χ1n) is 12.9. The molecule has 34 heavy (non-hydrogen) atoms. The van der Waals surface area contributed by atoms with E-state index in [0.717, 1.165) is 48.6 Å². The lowest BCUT2D eigenvalue weighted by Crippen LogP contribution is -2.58. The Hall–Kier alpha value is -1.01. The van der Waals surface area contributed by atoms with Crippen molar-refractivity contribution >= 4 is 21.7 Å². The molecule has 3 saturated carbocycles. The van der Waals surface area contributed by atoms with Crippen molar-refractivity contribution in [1.82, 2.24) is 0 Å². The van der Waals surface area contributed by atoms with E-state index < -0.39 is 11.4 Å². The predicted octanol–water partition coefficient (Wildman–Crippen LogP) is 6.59.